The van der Waals surface area contributed by atoms with Gasteiger partial charge in [0, 0.05) is 24.5 Å². The van der Waals surface area contributed by atoms with E-state index in [1.807, 2.05) is 0 Å². The van der Waals surface area contributed by atoms with Crippen LogP contribution in [0.2, 0.25) is 0 Å². The Morgan fingerprint density at radius 3 is 2.46 bits per heavy atom. The second kappa shape index (κ2) is 10.3. The minimum Gasteiger partial charge on any atom is -0.384 e. The molecule has 2 heterocycles. The van der Waals surface area contributed by atoms with E-state index < -0.39 is 18.5 Å². The van der Waals surface area contributed by atoms with Crippen LogP contribution >= 0.6 is 0 Å². The zero-order chi connectivity index (χ0) is 25.0. The van der Waals surface area contributed by atoms with Gasteiger partial charge in [0.15, 0.2) is 0 Å². The number of hydrogen-bond acceptors (Lipinski definition) is 3. The maximum atomic E-state index is 14.3. The van der Waals surface area contributed by atoms with Crippen LogP contribution < -0.4 is 5.32 Å². The van der Waals surface area contributed by atoms with Crippen LogP contribution in [0.5, 0.6) is 0 Å². The molecule has 2 aromatic carbocycles. The predicted molar refractivity (Wildman–Crippen MR) is 131 cm³/mol. The zero-order valence-electron chi connectivity index (χ0n) is 19.5. The summed E-state index contributed by atoms with van der Waals surface area (Å²) in [6.07, 6.45) is -1.48. The molecule has 0 spiro atoms. The van der Waals surface area contributed by atoms with Crippen LogP contribution in [0.4, 0.5) is 23.2 Å². The summed E-state index contributed by atoms with van der Waals surface area (Å²) in [7, 11) is 0. The van der Waals surface area contributed by atoms with E-state index in [0.717, 1.165) is 6.42 Å². The highest BCUT2D eigenvalue weighted by Gasteiger charge is 2.31. The predicted octanol–water partition coefficient (Wildman–Crippen LogP) is 7.47. The average molecular weight is 483 g/mol. The number of pyridine rings is 1. The Balaban J connectivity index is 1.93. The molecule has 0 aliphatic carbocycles. The average Bonchev–Trinajstić information content (AvgIpc) is 3.19. The third kappa shape index (κ3) is 6.07. The highest BCUT2D eigenvalue weighted by Crippen LogP contribution is 2.40. The Bertz CT molecular complexity index is 1320. The Kier molecular flexibility index (Phi) is 7.19. The maximum Gasteiger partial charge on any atom is 0.393 e. The topological polar surface area (TPSA) is 53.6 Å². The van der Waals surface area contributed by atoms with Crippen molar-refractivity contribution in [1.29, 1.82) is 0 Å². The first kappa shape index (κ1) is 24.4. The van der Waals surface area contributed by atoms with Crippen molar-refractivity contribution in [1.82, 2.24) is 15.2 Å². The fraction of sp³-hybridized carbons (Fsp3) is 0.259. The van der Waals surface area contributed by atoms with Gasteiger partial charge >= 0.3 is 6.18 Å². The number of nitrogens with one attached hydrogen (secondary N) is 2. The second-order valence-corrected chi connectivity index (χ2v) is 8.85. The van der Waals surface area contributed by atoms with Crippen LogP contribution in [0, 0.1) is 11.9 Å². The minimum absolute atomic E-state index is 0.0856. The smallest absolute Gasteiger partial charge is 0.384 e. The van der Waals surface area contributed by atoms with Crippen LogP contribution in [-0.4, -0.2) is 27.9 Å². The number of allylic oxidation sites excluding steroid dienone is 1. The normalized spacial score (nSPS) is 12.8. The third-order valence-electron chi connectivity index (χ3n) is 5.68. The first-order valence-corrected chi connectivity index (χ1v) is 11.4. The summed E-state index contributed by atoms with van der Waals surface area (Å²) in [5, 5.41) is 9.69. The molecule has 4 nitrogen and oxygen atoms in total. The molecule has 0 amide bonds. The molecule has 4 rings (SSSR count). The minimum atomic E-state index is -4.46. The number of aromatic nitrogens is 3. The van der Waals surface area contributed by atoms with E-state index in [4.69, 9.17) is 0 Å². The Hall–Kier alpha value is -3.68. The van der Waals surface area contributed by atoms with Gasteiger partial charge in [-0.1, -0.05) is 50.2 Å². The van der Waals surface area contributed by atoms with Gasteiger partial charge in [-0.2, -0.15) is 22.7 Å². The standard InChI is InChI=1S/C27H26F4N4/c1-17(2)10-11-33-21-12-20(15-32-16-21)25(19-8-9-24-22(13-19)26(28)35-34-24)23(14-27(29,30)31)18-6-4-3-5-7-18/h3-9,12-13,15-17,33H,10-11,14H2,1-2H3,(H,34,35)/b25-23-. The highest BCUT2D eigenvalue weighted by atomic mass is 19.4. The van der Waals surface area contributed by atoms with Crippen LogP contribution in [0.1, 0.15) is 43.4 Å². The summed E-state index contributed by atoms with van der Waals surface area (Å²) < 4.78 is 55.8. The van der Waals surface area contributed by atoms with Crippen LogP contribution in [0.25, 0.3) is 22.0 Å². The molecule has 4 aromatic rings. The van der Waals surface area contributed by atoms with Gasteiger partial charge in [-0.05, 0) is 52.8 Å². The number of halogens is 4. The molecule has 8 heteroatoms. The van der Waals surface area contributed by atoms with E-state index in [1.165, 1.54) is 12.3 Å². The van der Waals surface area contributed by atoms with E-state index in [9.17, 15) is 17.6 Å². The molecule has 0 fully saturated rings. The number of benzene rings is 2. The summed E-state index contributed by atoms with van der Waals surface area (Å²) in [6, 6.07) is 15.0. The number of fused-ring (bicyclic) bond motifs is 1. The monoisotopic (exact) mass is 482 g/mol. The maximum absolute atomic E-state index is 14.3. The fourth-order valence-electron chi connectivity index (χ4n) is 4.00. The summed E-state index contributed by atoms with van der Waals surface area (Å²) in [5.41, 5.74) is 2.91. The van der Waals surface area contributed by atoms with Gasteiger partial charge in [0.25, 0.3) is 0 Å². The lowest BCUT2D eigenvalue weighted by molar-refractivity contribution is -0.122. The summed E-state index contributed by atoms with van der Waals surface area (Å²) >= 11 is 0. The molecule has 0 unspecified atom stereocenters. The molecule has 0 radical (unpaired) electrons. The number of H-pyrrole nitrogens is 1. The lowest BCUT2D eigenvalue weighted by Gasteiger charge is -2.19. The van der Waals surface area contributed by atoms with E-state index in [2.05, 4.69) is 34.3 Å². The number of nitrogens with zero attached hydrogens (tertiary/aromatic N) is 2. The third-order valence-corrected chi connectivity index (χ3v) is 5.68. The van der Waals surface area contributed by atoms with E-state index in [1.54, 1.807) is 54.7 Å². The molecular weight excluding hydrogens is 456 g/mol. The van der Waals surface area contributed by atoms with E-state index >= 15 is 0 Å². The van der Waals surface area contributed by atoms with Crippen molar-refractivity contribution in [3.8, 4) is 0 Å². The molecule has 182 valence electrons. The summed E-state index contributed by atoms with van der Waals surface area (Å²) in [6.45, 7) is 4.94. The van der Waals surface area contributed by atoms with Gasteiger partial charge in [0.1, 0.15) is 0 Å². The van der Waals surface area contributed by atoms with Crippen molar-refractivity contribution in [3.63, 3.8) is 0 Å². The van der Waals surface area contributed by atoms with Crippen molar-refractivity contribution in [2.24, 2.45) is 5.92 Å². The Morgan fingerprint density at radius 2 is 1.74 bits per heavy atom. The summed E-state index contributed by atoms with van der Waals surface area (Å²) in [4.78, 5) is 4.30. The van der Waals surface area contributed by atoms with Crippen LogP contribution in [0.15, 0.2) is 67.0 Å². The van der Waals surface area contributed by atoms with Gasteiger partial charge in [-0.15, -0.1) is 0 Å². The van der Waals surface area contributed by atoms with Gasteiger partial charge in [-0.3, -0.25) is 10.1 Å². The highest BCUT2D eigenvalue weighted by molar-refractivity contribution is 6.00. The zero-order valence-corrected chi connectivity index (χ0v) is 19.5. The number of alkyl halides is 3. The Morgan fingerprint density at radius 1 is 0.971 bits per heavy atom. The first-order valence-electron chi connectivity index (χ1n) is 11.4. The van der Waals surface area contributed by atoms with Gasteiger partial charge in [-0.25, -0.2) is 0 Å². The fourth-order valence-corrected chi connectivity index (χ4v) is 4.00. The SMILES string of the molecule is CC(C)CCNc1cncc(/C(=C(/CC(F)(F)F)c2ccccc2)c2ccc3n[nH]c(F)c3c2)c1. The molecule has 0 aliphatic heterocycles. The molecule has 0 atom stereocenters. The van der Waals surface area contributed by atoms with Crippen LogP contribution in [-0.2, 0) is 0 Å². The lowest BCUT2D eigenvalue weighted by Crippen LogP contribution is -2.10. The van der Waals surface area contributed by atoms with Crippen molar-refractivity contribution in [2.75, 3.05) is 11.9 Å². The number of aromatic amines is 1. The number of rotatable bonds is 8. The van der Waals surface area contributed by atoms with Gasteiger partial charge < -0.3 is 5.32 Å². The number of hydrogen-bond donors (Lipinski definition) is 2. The molecule has 0 aliphatic rings. The van der Waals surface area contributed by atoms with Crippen molar-refractivity contribution in [2.45, 2.75) is 32.9 Å². The quantitative estimate of drug-likeness (QED) is 0.202. The molecule has 0 bridgehead atoms. The molecule has 2 N–H and O–H groups in total. The summed E-state index contributed by atoms with van der Waals surface area (Å²) in [5.74, 6) is -0.136. The van der Waals surface area contributed by atoms with Gasteiger partial charge in [0.2, 0.25) is 5.95 Å². The van der Waals surface area contributed by atoms with E-state index in [-0.39, 0.29) is 11.0 Å². The lowest BCUT2D eigenvalue weighted by atomic mass is 9.88. The largest absolute Gasteiger partial charge is 0.393 e. The Labute approximate surface area is 201 Å². The van der Waals surface area contributed by atoms with Gasteiger partial charge in [0.05, 0.1) is 23.0 Å². The van der Waals surface area contributed by atoms with E-state index in [0.29, 0.717) is 45.9 Å². The van der Waals surface area contributed by atoms with Crippen molar-refractivity contribution >= 4 is 27.7 Å². The van der Waals surface area contributed by atoms with Crippen molar-refractivity contribution in [3.05, 3.63) is 89.6 Å². The second-order valence-electron chi connectivity index (χ2n) is 8.85. The molecule has 2 aromatic heterocycles. The molecule has 0 saturated carbocycles. The van der Waals surface area contributed by atoms with Crippen molar-refractivity contribution < 1.29 is 17.6 Å². The van der Waals surface area contributed by atoms with Crippen LogP contribution in [0.3, 0.4) is 0 Å². The molecular formula is C27H26F4N4. The number of anilines is 1. The first-order chi connectivity index (χ1) is 16.7. The molecule has 35 heavy (non-hydrogen) atoms. The molecule has 0 saturated heterocycles.